The van der Waals surface area contributed by atoms with E-state index in [2.05, 4.69) is 4.90 Å². The smallest absolute Gasteiger partial charge is 0.350 e. The molecule has 0 atom stereocenters. The summed E-state index contributed by atoms with van der Waals surface area (Å²) in [5.74, 6) is -1.09. The molecule has 1 aromatic heterocycles. The van der Waals surface area contributed by atoms with Crippen molar-refractivity contribution in [3.8, 4) is 17.3 Å². The Morgan fingerprint density at radius 2 is 1.64 bits per heavy atom. The highest BCUT2D eigenvalue weighted by molar-refractivity contribution is 7.90. The minimum atomic E-state index is -4.52. The maximum Gasteiger partial charge on any atom is 0.350 e. The summed E-state index contributed by atoms with van der Waals surface area (Å²) in [7, 11) is -2.55. The van der Waals surface area contributed by atoms with Gasteiger partial charge >= 0.3 is 5.69 Å². The largest absolute Gasteiger partial charge is 0.493 e. The number of piperazine rings is 1. The number of hydrogen-bond acceptors (Lipinski definition) is 7. The van der Waals surface area contributed by atoms with Gasteiger partial charge in [-0.15, -0.1) is 3.97 Å². The first kappa shape index (κ1) is 22.6. The minimum absolute atomic E-state index is 0.0845. The molecule has 1 amide bonds. The maximum absolute atomic E-state index is 13.3. The lowest BCUT2D eigenvalue weighted by molar-refractivity contribution is -0.135. The minimum Gasteiger partial charge on any atom is -0.493 e. The van der Waals surface area contributed by atoms with Crippen LogP contribution < -0.4 is 10.4 Å². The molecule has 1 aliphatic heterocycles. The molecule has 3 aromatic rings. The summed E-state index contributed by atoms with van der Waals surface area (Å²) >= 11 is 0. The number of likely N-dealkylation sites (N-methyl/N-ethyl adjacent to an activating group) is 1. The van der Waals surface area contributed by atoms with Gasteiger partial charge in [0.1, 0.15) is 10.6 Å². The number of carbonyl (C=O) groups excluding carboxylic acids is 1. The average molecular weight is 473 g/mol. The lowest BCUT2D eigenvalue weighted by atomic mass is 10.3. The first-order chi connectivity index (χ1) is 15.8. The standard InChI is InChI=1S/C22H24N4O6S/c1-23-11-13-24(14-12-23)21(28)16-32-18-9-5-6-10-19(18)33(30,31)26-20(27)15-25(22(26)29)17-7-3-2-4-8-17/h2-10,15,27H,11-14,16H2,1H3. The zero-order valence-corrected chi connectivity index (χ0v) is 18.8. The van der Waals surface area contributed by atoms with Gasteiger partial charge in [-0.2, -0.15) is 0 Å². The second-order valence-corrected chi connectivity index (χ2v) is 9.42. The fraction of sp³-hybridized carbons (Fsp3) is 0.273. The van der Waals surface area contributed by atoms with Crippen LogP contribution in [0.15, 0.2) is 70.5 Å². The van der Waals surface area contributed by atoms with Gasteiger partial charge in [0.25, 0.3) is 15.9 Å². The molecule has 0 radical (unpaired) electrons. The number of carbonyl (C=O) groups is 1. The molecular formula is C22H24N4O6S. The van der Waals surface area contributed by atoms with E-state index in [0.29, 0.717) is 22.7 Å². The van der Waals surface area contributed by atoms with Gasteiger partial charge in [0.05, 0.1) is 11.9 Å². The van der Waals surface area contributed by atoms with Crippen LogP contribution in [-0.2, 0) is 14.8 Å². The van der Waals surface area contributed by atoms with E-state index in [1.54, 1.807) is 41.3 Å². The van der Waals surface area contributed by atoms with Crippen LogP contribution in [0.1, 0.15) is 0 Å². The van der Waals surface area contributed by atoms with Crippen LogP contribution in [0.5, 0.6) is 11.6 Å². The summed E-state index contributed by atoms with van der Waals surface area (Å²) in [5, 5.41) is 10.3. The second-order valence-electron chi connectivity index (χ2n) is 7.66. The summed E-state index contributed by atoms with van der Waals surface area (Å²) in [6.45, 7) is 2.28. The number of aromatic hydroxyl groups is 1. The quantitative estimate of drug-likeness (QED) is 0.563. The number of aromatic nitrogens is 2. The van der Waals surface area contributed by atoms with Crippen LogP contribution in [0.2, 0.25) is 0 Å². The van der Waals surface area contributed by atoms with Crippen molar-refractivity contribution in [3.63, 3.8) is 0 Å². The second kappa shape index (κ2) is 9.12. The molecule has 0 bridgehead atoms. The molecule has 1 fully saturated rings. The molecule has 174 valence electrons. The van der Waals surface area contributed by atoms with E-state index in [1.807, 2.05) is 7.05 Å². The van der Waals surface area contributed by atoms with E-state index in [1.165, 1.54) is 18.2 Å². The Bertz CT molecular complexity index is 1310. The van der Waals surface area contributed by atoms with Gasteiger partial charge in [0, 0.05) is 26.2 Å². The summed E-state index contributed by atoms with van der Waals surface area (Å²) in [6.07, 6.45) is 1.04. The maximum atomic E-state index is 13.3. The monoisotopic (exact) mass is 472 g/mol. The van der Waals surface area contributed by atoms with Crippen molar-refractivity contribution in [1.29, 1.82) is 0 Å². The van der Waals surface area contributed by atoms with Crippen molar-refractivity contribution in [1.82, 2.24) is 18.3 Å². The fourth-order valence-electron chi connectivity index (χ4n) is 3.59. The molecule has 0 unspecified atom stereocenters. The predicted octanol–water partition coefficient (Wildman–Crippen LogP) is 0.734. The van der Waals surface area contributed by atoms with E-state index in [0.717, 1.165) is 23.9 Å². The highest BCUT2D eigenvalue weighted by Crippen LogP contribution is 2.27. The first-order valence-electron chi connectivity index (χ1n) is 10.3. The molecule has 0 aliphatic carbocycles. The molecule has 1 N–H and O–H groups in total. The highest BCUT2D eigenvalue weighted by atomic mass is 32.2. The Balaban J connectivity index is 1.62. The molecule has 0 saturated carbocycles. The van der Waals surface area contributed by atoms with Crippen molar-refractivity contribution >= 4 is 15.9 Å². The van der Waals surface area contributed by atoms with Crippen LogP contribution in [-0.4, -0.2) is 77.6 Å². The summed E-state index contributed by atoms with van der Waals surface area (Å²) in [5.41, 5.74) is -0.559. The van der Waals surface area contributed by atoms with Gasteiger partial charge in [0.15, 0.2) is 6.61 Å². The number of benzene rings is 2. The van der Waals surface area contributed by atoms with Crippen LogP contribution in [0.25, 0.3) is 5.69 Å². The van der Waals surface area contributed by atoms with E-state index in [-0.39, 0.29) is 23.2 Å². The number of nitrogens with zero attached hydrogens (tertiary/aromatic N) is 4. The van der Waals surface area contributed by atoms with Crippen LogP contribution in [0.4, 0.5) is 0 Å². The van der Waals surface area contributed by atoms with Crippen LogP contribution in [0.3, 0.4) is 0 Å². The molecule has 2 aromatic carbocycles. The van der Waals surface area contributed by atoms with Gasteiger partial charge in [-0.3, -0.25) is 9.36 Å². The third kappa shape index (κ3) is 4.50. The highest BCUT2D eigenvalue weighted by Gasteiger charge is 2.29. The van der Waals surface area contributed by atoms with Gasteiger partial charge < -0.3 is 19.6 Å². The topological polar surface area (TPSA) is 114 Å². The van der Waals surface area contributed by atoms with Gasteiger partial charge in [-0.25, -0.2) is 13.2 Å². The lowest BCUT2D eigenvalue weighted by Gasteiger charge is -2.32. The van der Waals surface area contributed by atoms with E-state index >= 15 is 0 Å². The first-order valence-corrected chi connectivity index (χ1v) is 11.8. The zero-order chi connectivity index (χ0) is 23.6. The van der Waals surface area contributed by atoms with E-state index in [4.69, 9.17) is 4.74 Å². The normalized spacial score (nSPS) is 14.9. The number of amides is 1. The number of ether oxygens (including phenoxy) is 1. The van der Waals surface area contributed by atoms with Crippen molar-refractivity contribution < 1.29 is 23.1 Å². The van der Waals surface area contributed by atoms with Gasteiger partial charge in [0.2, 0.25) is 5.88 Å². The Hall–Kier alpha value is -3.57. The van der Waals surface area contributed by atoms with Gasteiger partial charge in [-0.1, -0.05) is 30.3 Å². The Kier molecular flexibility index (Phi) is 6.25. The van der Waals surface area contributed by atoms with E-state index in [9.17, 15) is 23.1 Å². The predicted molar refractivity (Wildman–Crippen MR) is 120 cm³/mol. The molecule has 2 heterocycles. The van der Waals surface area contributed by atoms with Crippen LogP contribution in [0, 0.1) is 0 Å². The fourth-order valence-corrected chi connectivity index (χ4v) is 5.00. The third-order valence-electron chi connectivity index (χ3n) is 5.44. The Morgan fingerprint density at radius 3 is 2.33 bits per heavy atom. The number of rotatable bonds is 6. The van der Waals surface area contributed by atoms with Crippen molar-refractivity contribution in [2.45, 2.75) is 4.90 Å². The molecule has 33 heavy (non-hydrogen) atoms. The summed E-state index contributed by atoms with van der Waals surface area (Å²) in [4.78, 5) is 28.8. The summed E-state index contributed by atoms with van der Waals surface area (Å²) in [6, 6.07) is 14.0. The molecule has 1 aliphatic rings. The molecule has 4 rings (SSSR count). The van der Waals surface area contributed by atoms with Crippen LogP contribution >= 0.6 is 0 Å². The molecule has 11 heteroatoms. The lowest BCUT2D eigenvalue weighted by Crippen LogP contribution is -2.48. The number of hydrogen-bond donors (Lipinski definition) is 1. The Morgan fingerprint density at radius 1 is 1.00 bits per heavy atom. The molecular weight excluding hydrogens is 448 g/mol. The van der Waals surface area contributed by atoms with Crippen molar-refractivity contribution in [2.75, 3.05) is 39.8 Å². The third-order valence-corrected chi connectivity index (χ3v) is 7.16. The van der Waals surface area contributed by atoms with Gasteiger partial charge in [-0.05, 0) is 31.3 Å². The zero-order valence-electron chi connectivity index (χ0n) is 18.0. The van der Waals surface area contributed by atoms with Crippen molar-refractivity contribution in [2.24, 2.45) is 0 Å². The average Bonchev–Trinajstić information content (AvgIpc) is 3.13. The Labute approximate surface area is 190 Å². The number of imidazole rings is 1. The SMILES string of the molecule is CN1CCN(C(=O)COc2ccccc2S(=O)(=O)n2c(O)cn(-c3ccccc3)c2=O)CC1. The van der Waals surface area contributed by atoms with E-state index < -0.39 is 21.6 Å². The molecule has 10 nitrogen and oxygen atoms in total. The van der Waals surface area contributed by atoms with Crippen molar-refractivity contribution in [3.05, 3.63) is 71.3 Å². The number of para-hydroxylation sites is 2. The molecule has 0 spiro atoms. The molecule has 1 saturated heterocycles. The summed E-state index contributed by atoms with van der Waals surface area (Å²) < 4.78 is 33.6.